The Morgan fingerprint density at radius 2 is 1.81 bits per heavy atom. The Morgan fingerprint density at radius 1 is 1.07 bits per heavy atom. The van der Waals surface area contributed by atoms with Gasteiger partial charge >= 0.3 is 5.97 Å². The second-order valence-electron chi connectivity index (χ2n) is 6.17. The Labute approximate surface area is 155 Å². The van der Waals surface area contributed by atoms with E-state index in [0.29, 0.717) is 11.3 Å². The topological polar surface area (TPSA) is 106 Å². The lowest BCUT2D eigenvalue weighted by atomic mass is 10.1. The van der Waals surface area contributed by atoms with Crippen LogP contribution in [0.5, 0.6) is 0 Å². The van der Waals surface area contributed by atoms with Gasteiger partial charge in [-0.15, -0.1) is 0 Å². The maximum Gasteiger partial charge on any atom is 0.326 e. The van der Waals surface area contributed by atoms with Gasteiger partial charge in [0.25, 0.3) is 17.4 Å². The van der Waals surface area contributed by atoms with E-state index in [1.807, 2.05) is 0 Å². The van der Waals surface area contributed by atoms with Crippen molar-refractivity contribution in [2.75, 3.05) is 11.9 Å². The van der Waals surface area contributed by atoms with Gasteiger partial charge in [0.15, 0.2) is 6.61 Å². The second-order valence-corrected chi connectivity index (χ2v) is 6.17. The number of carbonyl (C=O) groups is 3. The molecule has 2 amide bonds. The number of para-hydroxylation sites is 1. The van der Waals surface area contributed by atoms with Crippen LogP contribution < -0.4 is 16.2 Å². The Kier molecular flexibility index (Phi) is 5.65. The van der Waals surface area contributed by atoms with E-state index >= 15 is 0 Å². The Bertz CT molecular complexity index is 917. The Balaban J connectivity index is 1.53. The van der Waals surface area contributed by atoms with Crippen molar-refractivity contribution in [1.29, 1.82) is 0 Å². The number of pyridine rings is 1. The number of anilines is 1. The predicted octanol–water partition coefficient (Wildman–Crippen LogP) is 0.922. The van der Waals surface area contributed by atoms with E-state index in [-0.39, 0.29) is 24.1 Å². The molecule has 0 spiro atoms. The van der Waals surface area contributed by atoms with E-state index in [0.717, 1.165) is 12.8 Å². The van der Waals surface area contributed by atoms with Crippen molar-refractivity contribution in [1.82, 2.24) is 9.88 Å². The van der Waals surface area contributed by atoms with Gasteiger partial charge in [0, 0.05) is 18.3 Å². The SMILES string of the molecule is O=C(COC(=O)Cn1ccccc1=O)Nc1ccccc1C(=O)NC1CC1. The molecule has 1 fully saturated rings. The van der Waals surface area contributed by atoms with Crippen LogP contribution in [0.25, 0.3) is 0 Å². The summed E-state index contributed by atoms with van der Waals surface area (Å²) in [6.07, 6.45) is 3.37. The van der Waals surface area contributed by atoms with Crippen LogP contribution in [0.3, 0.4) is 0 Å². The molecular weight excluding hydrogens is 350 g/mol. The fraction of sp³-hybridized carbons (Fsp3) is 0.263. The van der Waals surface area contributed by atoms with E-state index in [2.05, 4.69) is 10.6 Å². The third-order valence-corrected chi connectivity index (χ3v) is 3.92. The fourth-order valence-electron chi connectivity index (χ4n) is 2.39. The molecule has 0 aliphatic heterocycles. The average Bonchev–Trinajstić information content (AvgIpc) is 3.46. The van der Waals surface area contributed by atoms with Crippen LogP contribution in [0.1, 0.15) is 23.2 Å². The van der Waals surface area contributed by atoms with Crippen molar-refractivity contribution in [3.05, 3.63) is 64.6 Å². The number of benzene rings is 1. The van der Waals surface area contributed by atoms with Gasteiger partial charge in [-0.2, -0.15) is 0 Å². The summed E-state index contributed by atoms with van der Waals surface area (Å²) < 4.78 is 6.08. The van der Waals surface area contributed by atoms with Crippen molar-refractivity contribution in [3.8, 4) is 0 Å². The highest BCUT2D eigenvalue weighted by molar-refractivity contribution is 6.04. The van der Waals surface area contributed by atoms with Crippen LogP contribution in [0.4, 0.5) is 5.69 Å². The number of aromatic nitrogens is 1. The van der Waals surface area contributed by atoms with Crippen molar-refractivity contribution in [2.24, 2.45) is 0 Å². The van der Waals surface area contributed by atoms with Crippen molar-refractivity contribution in [2.45, 2.75) is 25.4 Å². The summed E-state index contributed by atoms with van der Waals surface area (Å²) >= 11 is 0. The van der Waals surface area contributed by atoms with Gasteiger partial charge in [-0.25, -0.2) is 0 Å². The van der Waals surface area contributed by atoms with Gasteiger partial charge in [-0.3, -0.25) is 19.2 Å². The molecule has 27 heavy (non-hydrogen) atoms. The smallest absolute Gasteiger partial charge is 0.326 e. The maximum absolute atomic E-state index is 12.2. The zero-order valence-corrected chi connectivity index (χ0v) is 14.5. The maximum atomic E-state index is 12.2. The van der Waals surface area contributed by atoms with Crippen molar-refractivity contribution >= 4 is 23.5 Å². The van der Waals surface area contributed by atoms with Crippen LogP contribution in [0.2, 0.25) is 0 Å². The number of esters is 1. The summed E-state index contributed by atoms with van der Waals surface area (Å²) in [6.45, 7) is -0.799. The molecule has 1 aliphatic carbocycles. The van der Waals surface area contributed by atoms with Gasteiger partial charge in [-0.1, -0.05) is 18.2 Å². The van der Waals surface area contributed by atoms with Crippen LogP contribution in [0.15, 0.2) is 53.5 Å². The molecule has 2 aromatic rings. The van der Waals surface area contributed by atoms with E-state index in [1.165, 1.54) is 16.8 Å². The first-order chi connectivity index (χ1) is 13.0. The number of carbonyl (C=O) groups excluding carboxylic acids is 3. The molecule has 1 aromatic carbocycles. The van der Waals surface area contributed by atoms with Crippen molar-refractivity contribution < 1.29 is 19.1 Å². The lowest BCUT2D eigenvalue weighted by Crippen LogP contribution is -2.29. The average molecular weight is 369 g/mol. The fourth-order valence-corrected chi connectivity index (χ4v) is 2.39. The molecule has 140 valence electrons. The van der Waals surface area contributed by atoms with E-state index < -0.39 is 18.5 Å². The third-order valence-electron chi connectivity index (χ3n) is 3.92. The van der Waals surface area contributed by atoms with Crippen LogP contribution in [-0.2, 0) is 20.9 Å². The standard InChI is InChI=1S/C19H19N3O5/c23-16(12-27-18(25)11-22-10-4-3-7-17(22)24)21-15-6-2-1-5-14(15)19(26)20-13-8-9-13/h1-7,10,13H,8-9,11-12H2,(H,20,26)(H,21,23). The molecule has 8 heteroatoms. The summed E-state index contributed by atoms with van der Waals surface area (Å²) in [4.78, 5) is 47.6. The number of hydrogen-bond donors (Lipinski definition) is 2. The largest absolute Gasteiger partial charge is 0.454 e. The van der Waals surface area contributed by atoms with E-state index in [9.17, 15) is 19.2 Å². The first-order valence-corrected chi connectivity index (χ1v) is 8.54. The Morgan fingerprint density at radius 3 is 2.56 bits per heavy atom. The number of hydrogen-bond acceptors (Lipinski definition) is 5. The zero-order chi connectivity index (χ0) is 19.2. The minimum Gasteiger partial charge on any atom is -0.454 e. The highest BCUT2D eigenvalue weighted by Gasteiger charge is 2.25. The van der Waals surface area contributed by atoms with Gasteiger partial charge in [0.1, 0.15) is 6.54 Å². The molecule has 1 aromatic heterocycles. The van der Waals surface area contributed by atoms with Crippen LogP contribution in [-0.4, -0.2) is 35.0 Å². The molecule has 8 nitrogen and oxygen atoms in total. The summed E-state index contributed by atoms with van der Waals surface area (Å²) in [5.74, 6) is -1.54. The first kappa shape index (κ1) is 18.4. The van der Waals surface area contributed by atoms with Gasteiger partial charge in [0.05, 0.1) is 11.3 Å². The molecule has 1 heterocycles. The second kappa shape index (κ2) is 8.31. The lowest BCUT2D eigenvalue weighted by Gasteiger charge is -2.11. The highest BCUT2D eigenvalue weighted by atomic mass is 16.5. The highest BCUT2D eigenvalue weighted by Crippen LogP contribution is 2.21. The van der Waals surface area contributed by atoms with Gasteiger partial charge in [0.2, 0.25) is 0 Å². The van der Waals surface area contributed by atoms with E-state index in [1.54, 1.807) is 36.4 Å². The number of nitrogens with zero attached hydrogens (tertiary/aromatic N) is 1. The number of nitrogens with one attached hydrogen (secondary N) is 2. The normalized spacial score (nSPS) is 12.9. The van der Waals surface area contributed by atoms with Crippen molar-refractivity contribution in [3.63, 3.8) is 0 Å². The van der Waals surface area contributed by atoms with Crippen LogP contribution >= 0.6 is 0 Å². The molecule has 0 radical (unpaired) electrons. The predicted molar refractivity (Wildman–Crippen MR) is 97.2 cm³/mol. The molecule has 2 N–H and O–H groups in total. The minimum absolute atomic E-state index is 0.198. The molecule has 1 saturated carbocycles. The first-order valence-electron chi connectivity index (χ1n) is 8.54. The molecule has 3 rings (SSSR count). The molecular formula is C19H19N3O5. The molecule has 0 bridgehead atoms. The summed E-state index contributed by atoms with van der Waals surface area (Å²) in [6, 6.07) is 11.3. The third kappa shape index (κ3) is 5.27. The molecule has 0 saturated heterocycles. The zero-order valence-electron chi connectivity index (χ0n) is 14.5. The summed E-state index contributed by atoms with van der Waals surface area (Å²) in [7, 11) is 0. The van der Waals surface area contributed by atoms with Crippen LogP contribution in [0, 0.1) is 0 Å². The minimum atomic E-state index is -0.710. The Hall–Kier alpha value is -3.42. The number of ether oxygens (including phenoxy) is 1. The molecule has 1 aliphatic rings. The molecule has 0 unspecified atom stereocenters. The van der Waals surface area contributed by atoms with E-state index in [4.69, 9.17) is 4.74 Å². The number of amides is 2. The summed E-state index contributed by atoms with van der Waals surface area (Å²) in [5, 5.41) is 5.43. The lowest BCUT2D eigenvalue weighted by molar-refractivity contribution is -0.147. The monoisotopic (exact) mass is 369 g/mol. The summed E-state index contributed by atoms with van der Waals surface area (Å²) in [5.41, 5.74) is 0.352. The number of rotatable bonds is 7. The van der Waals surface area contributed by atoms with Gasteiger partial charge < -0.3 is 19.9 Å². The molecule has 0 atom stereocenters. The van der Waals surface area contributed by atoms with Gasteiger partial charge in [-0.05, 0) is 31.0 Å². The quantitative estimate of drug-likeness (QED) is 0.706.